The third-order valence-electron chi connectivity index (χ3n) is 9.94. The molecule has 3 saturated heterocycles. The van der Waals surface area contributed by atoms with E-state index in [0.29, 0.717) is 24.4 Å². The van der Waals surface area contributed by atoms with Gasteiger partial charge in [0.05, 0.1) is 43.5 Å². The lowest BCUT2D eigenvalue weighted by Gasteiger charge is -2.45. The van der Waals surface area contributed by atoms with Gasteiger partial charge in [-0.25, -0.2) is 19.4 Å². The molecule has 7 amide bonds. The Labute approximate surface area is 352 Å². The minimum absolute atomic E-state index is 0.238. The van der Waals surface area contributed by atoms with Crippen LogP contribution in [0, 0.1) is 0 Å². The van der Waals surface area contributed by atoms with E-state index in [9.17, 15) is 34.5 Å². The number of urea groups is 3. The normalized spacial score (nSPS) is 31.3. The number of amides is 7. The van der Waals surface area contributed by atoms with E-state index in [0.717, 1.165) is 32.4 Å². The van der Waals surface area contributed by atoms with Crippen LogP contribution in [0.5, 0.6) is 5.75 Å². The number of rotatable bonds is 19. The van der Waals surface area contributed by atoms with Crippen molar-refractivity contribution in [1.29, 1.82) is 0 Å². The second kappa shape index (κ2) is 23.8. The van der Waals surface area contributed by atoms with Gasteiger partial charge in [0.15, 0.2) is 18.5 Å². The maximum Gasteiger partial charge on any atom is 0.317 e. The number of nitrogens with two attached hydrogens (primary N) is 6. The average Bonchev–Trinajstić information content (AvgIpc) is 3.20. The first-order valence-corrected chi connectivity index (χ1v) is 19.8. The Kier molecular flexibility index (Phi) is 18.9. The molecule has 1 aromatic carbocycles. The molecule has 342 valence electrons. The molecule has 4 rings (SSSR count). The quantitative estimate of drug-likeness (QED) is 0.0267. The van der Waals surface area contributed by atoms with E-state index in [2.05, 4.69) is 36.9 Å². The summed E-state index contributed by atoms with van der Waals surface area (Å²) in [6, 6.07) is -2.30. The van der Waals surface area contributed by atoms with Crippen molar-refractivity contribution in [2.75, 3.05) is 39.4 Å². The highest BCUT2D eigenvalue weighted by Gasteiger charge is 2.48. The van der Waals surface area contributed by atoms with Crippen LogP contribution in [0.3, 0.4) is 0 Å². The van der Waals surface area contributed by atoms with Crippen molar-refractivity contribution in [3.05, 3.63) is 35.9 Å². The molecule has 3 aliphatic heterocycles. The fourth-order valence-electron chi connectivity index (χ4n) is 6.77. The highest BCUT2D eigenvalue weighted by atomic mass is 16.7. The zero-order chi connectivity index (χ0) is 44.6. The third kappa shape index (κ3) is 14.8. The van der Waals surface area contributed by atoms with Crippen molar-refractivity contribution in [2.24, 2.45) is 39.4 Å². The first-order chi connectivity index (χ1) is 29.1. The number of hydrogen-bond donors (Lipinski definition) is 15. The van der Waals surface area contributed by atoms with Crippen molar-refractivity contribution in [1.82, 2.24) is 31.9 Å². The second-order valence-corrected chi connectivity index (χ2v) is 14.6. The molecule has 0 unspecified atom stereocenters. The molecule has 61 heavy (non-hydrogen) atoms. The number of benzene rings is 1. The Morgan fingerprint density at radius 3 is 2.20 bits per heavy atom. The Balaban J connectivity index is 1.33. The fraction of sp³-hybridized carbons (Fsp3) is 0.639. The van der Waals surface area contributed by atoms with E-state index < -0.39 is 104 Å². The Morgan fingerprint density at radius 2 is 1.52 bits per heavy atom. The number of primary amides is 2. The third-order valence-corrected chi connectivity index (χ3v) is 9.94. The van der Waals surface area contributed by atoms with E-state index in [-0.39, 0.29) is 19.1 Å². The van der Waals surface area contributed by atoms with Crippen molar-refractivity contribution in [3.8, 4) is 5.75 Å². The number of aliphatic hydroxyl groups is 3. The molecule has 0 radical (unpaired) electrons. The lowest BCUT2D eigenvalue weighted by Crippen LogP contribution is -2.70. The van der Waals surface area contributed by atoms with Crippen LogP contribution in [0.25, 0.3) is 6.08 Å². The molecule has 0 spiro atoms. The smallest absolute Gasteiger partial charge is 0.317 e. The predicted octanol–water partition coefficient (Wildman–Crippen LogP) is -5.45. The number of aliphatic imine (C=N–C) groups is 1. The molecule has 13 atom stereocenters. The van der Waals surface area contributed by atoms with Crippen LogP contribution in [0.4, 0.5) is 14.4 Å². The van der Waals surface area contributed by atoms with Gasteiger partial charge in [-0.3, -0.25) is 4.79 Å². The molecule has 0 saturated carbocycles. The van der Waals surface area contributed by atoms with Crippen molar-refractivity contribution < 1.29 is 58.2 Å². The number of hydrogen-bond acceptors (Lipinski definition) is 16. The van der Waals surface area contributed by atoms with Crippen molar-refractivity contribution in [2.45, 2.75) is 106 Å². The topological polar surface area (TPSA) is 416 Å². The standard InChI is InChI=1S/C36H61N13O12/c1-17-24(48-36(56)49-30-26(47-35(42)55)28(52)21(16-57-30)61-31-25(46-34(41)54)23(38)20(50)15-58-31)29(53)27(45-33(39)40)32(59-17)60-19-8-5-18(6-9-19)7-10-22(51)44-14-4-13-43-12-3-2-11-37/h5-10,17,20-21,23-32,43,50,52-53H,2-4,11-16,37-38H2,1H3,(H,44,51)(H4,39,40,45)(H3,41,46,54)(H3,42,47,55)(H2,48,49,56)/t17-,20-,21-,23+,24+,25+,26-,27-,28+,29-,30+,31+,32-/m1/s1. The largest absolute Gasteiger partial charge is 0.462 e. The Bertz CT molecular complexity index is 1640. The second-order valence-electron chi connectivity index (χ2n) is 14.6. The van der Waals surface area contributed by atoms with E-state index in [1.807, 2.05) is 0 Å². The lowest BCUT2D eigenvalue weighted by atomic mass is 9.95. The van der Waals surface area contributed by atoms with Crippen LogP contribution in [0.15, 0.2) is 35.3 Å². The SMILES string of the molecule is C[C@H]1O[C@H](Oc2ccc(C=CC(=O)NCCCNCCCCN)cc2)[C@H](N=C(N)N)[C@H](O)[C@H]1NC(=O)N[C@H]1OC[C@@H](O[C@@H]2OC[C@@H](O)[C@H](N)[C@@H]2NC(N)=O)[C@H](O)[C@H]1NC(N)=O. The van der Waals surface area contributed by atoms with E-state index in [1.54, 1.807) is 37.3 Å². The predicted molar refractivity (Wildman–Crippen MR) is 218 cm³/mol. The summed E-state index contributed by atoms with van der Waals surface area (Å²) in [4.78, 5) is 53.3. The summed E-state index contributed by atoms with van der Waals surface area (Å²) in [5.41, 5.74) is 34.2. The van der Waals surface area contributed by atoms with Crippen LogP contribution in [0.2, 0.25) is 0 Å². The van der Waals surface area contributed by atoms with Crippen LogP contribution in [-0.4, -0.2) is 164 Å². The maximum atomic E-state index is 13.4. The van der Waals surface area contributed by atoms with Crippen LogP contribution < -0.4 is 71.0 Å². The lowest BCUT2D eigenvalue weighted by molar-refractivity contribution is -0.263. The van der Waals surface area contributed by atoms with Gasteiger partial charge in [-0.15, -0.1) is 0 Å². The summed E-state index contributed by atoms with van der Waals surface area (Å²) in [7, 11) is 0. The summed E-state index contributed by atoms with van der Waals surface area (Å²) >= 11 is 0. The van der Waals surface area contributed by atoms with Gasteiger partial charge in [0.25, 0.3) is 0 Å². The minimum atomic E-state index is -1.59. The van der Waals surface area contributed by atoms with Gasteiger partial charge in [-0.2, -0.15) is 0 Å². The molecule has 25 heteroatoms. The van der Waals surface area contributed by atoms with Gasteiger partial charge >= 0.3 is 18.1 Å². The minimum Gasteiger partial charge on any atom is -0.462 e. The van der Waals surface area contributed by atoms with Gasteiger partial charge in [0.2, 0.25) is 12.2 Å². The molecule has 0 aromatic heterocycles. The van der Waals surface area contributed by atoms with Crippen molar-refractivity contribution >= 4 is 36.0 Å². The van der Waals surface area contributed by atoms with Gasteiger partial charge in [0.1, 0.15) is 36.1 Å². The average molecular weight is 868 g/mol. The Morgan fingerprint density at radius 1 is 0.836 bits per heavy atom. The number of nitrogens with zero attached hydrogens (tertiary/aromatic N) is 1. The first kappa shape index (κ1) is 48.6. The van der Waals surface area contributed by atoms with Gasteiger partial charge in [-0.1, -0.05) is 12.1 Å². The number of carbonyl (C=O) groups excluding carboxylic acids is 4. The summed E-state index contributed by atoms with van der Waals surface area (Å²) in [6.07, 6.45) is -4.49. The van der Waals surface area contributed by atoms with E-state index >= 15 is 0 Å². The van der Waals surface area contributed by atoms with Gasteiger partial charge in [0, 0.05) is 12.6 Å². The molecule has 21 N–H and O–H groups in total. The molecule has 0 bridgehead atoms. The highest BCUT2D eigenvalue weighted by Crippen LogP contribution is 2.28. The molecule has 0 aliphatic carbocycles. The van der Waals surface area contributed by atoms with Crippen molar-refractivity contribution in [3.63, 3.8) is 0 Å². The van der Waals surface area contributed by atoms with Gasteiger partial charge < -0.3 is 105 Å². The maximum absolute atomic E-state index is 13.4. The summed E-state index contributed by atoms with van der Waals surface area (Å²) in [6.45, 7) is 3.78. The van der Waals surface area contributed by atoms with Crippen LogP contribution in [0.1, 0.15) is 31.7 Å². The van der Waals surface area contributed by atoms with Crippen LogP contribution >= 0.6 is 0 Å². The Hall–Kier alpha value is -5.09. The monoisotopic (exact) mass is 867 g/mol. The highest BCUT2D eigenvalue weighted by molar-refractivity contribution is 5.91. The molecule has 3 heterocycles. The molecule has 1 aromatic rings. The zero-order valence-electron chi connectivity index (χ0n) is 33.8. The number of nitrogens with one attached hydrogen (secondary N) is 6. The summed E-state index contributed by atoms with van der Waals surface area (Å²) in [5.74, 6) is -0.312. The van der Waals surface area contributed by atoms with E-state index in [1.165, 1.54) is 6.08 Å². The number of guanidine groups is 1. The number of carbonyl (C=O) groups is 4. The molecule has 3 aliphatic rings. The first-order valence-electron chi connectivity index (χ1n) is 19.8. The summed E-state index contributed by atoms with van der Waals surface area (Å²) in [5, 5.41) is 48.7. The zero-order valence-corrected chi connectivity index (χ0v) is 33.8. The molecular weight excluding hydrogens is 806 g/mol. The fourth-order valence-corrected chi connectivity index (χ4v) is 6.77. The van der Waals surface area contributed by atoms with Crippen LogP contribution in [-0.2, 0) is 23.7 Å². The molecular formula is C36H61N13O12. The number of unbranched alkanes of at least 4 members (excludes halogenated alkanes) is 1. The number of ether oxygens (including phenoxy) is 5. The van der Waals surface area contributed by atoms with E-state index in [4.69, 9.17) is 58.1 Å². The number of aliphatic hydroxyl groups excluding tert-OH is 3. The van der Waals surface area contributed by atoms with Gasteiger partial charge in [-0.05, 0) is 69.6 Å². The summed E-state index contributed by atoms with van der Waals surface area (Å²) < 4.78 is 29.1. The molecule has 25 nitrogen and oxygen atoms in total. The molecule has 3 fully saturated rings.